The lowest BCUT2D eigenvalue weighted by Gasteiger charge is -2.21. The van der Waals surface area contributed by atoms with Crippen LogP contribution in [0.4, 0.5) is 10.5 Å². The fourth-order valence-corrected chi connectivity index (χ4v) is 1.72. The van der Waals surface area contributed by atoms with Crippen molar-refractivity contribution >= 4 is 11.7 Å². The fourth-order valence-electron chi connectivity index (χ4n) is 1.72. The van der Waals surface area contributed by atoms with Crippen LogP contribution >= 0.6 is 0 Å². The van der Waals surface area contributed by atoms with Gasteiger partial charge in [-0.25, -0.2) is 4.79 Å². The Morgan fingerprint density at radius 3 is 2.50 bits per heavy atom. The number of hydrogen-bond acceptors (Lipinski definition) is 2. The minimum Gasteiger partial charge on any atom is -0.494 e. The van der Waals surface area contributed by atoms with Gasteiger partial charge in [0.05, 0.1) is 12.8 Å². The molecule has 1 aromatic rings. The van der Waals surface area contributed by atoms with Gasteiger partial charge in [-0.2, -0.15) is 0 Å². The lowest BCUT2D eigenvalue weighted by molar-refractivity contribution is 0.249. The van der Waals surface area contributed by atoms with Gasteiger partial charge in [0.1, 0.15) is 5.75 Å². The lowest BCUT2D eigenvalue weighted by Crippen LogP contribution is -2.35. The number of rotatable bonds is 2. The van der Waals surface area contributed by atoms with E-state index in [1.54, 1.807) is 26.1 Å². The molecule has 1 rings (SSSR count). The molecule has 0 aliphatic carbocycles. The number of aryl methyl sites for hydroxylation is 2. The van der Waals surface area contributed by atoms with Crippen molar-refractivity contribution in [1.29, 1.82) is 0 Å². The average Bonchev–Trinajstić information content (AvgIpc) is 2.26. The van der Waals surface area contributed by atoms with Gasteiger partial charge in [0.15, 0.2) is 0 Å². The normalized spacial score (nSPS) is 9.81. The molecule has 0 saturated heterocycles. The smallest absolute Gasteiger partial charge is 0.321 e. The molecule has 0 heterocycles. The molecular weight excluding hydrogens is 204 g/mol. The summed E-state index contributed by atoms with van der Waals surface area (Å²) in [5, 5.41) is 2.58. The molecule has 0 atom stereocenters. The maximum atomic E-state index is 11.6. The highest BCUT2D eigenvalue weighted by molar-refractivity contribution is 5.93. The van der Waals surface area contributed by atoms with Crippen LogP contribution in [0.2, 0.25) is 0 Å². The Hall–Kier alpha value is -1.71. The van der Waals surface area contributed by atoms with Gasteiger partial charge in [-0.05, 0) is 31.0 Å². The molecule has 0 aromatic heterocycles. The summed E-state index contributed by atoms with van der Waals surface area (Å²) in [7, 11) is 4.93. The molecule has 0 spiro atoms. The lowest BCUT2D eigenvalue weighted by atomic mass is 10.1. The molecule has 0 bridgehead atoms. The standard InChI is InChI=1S/C12H18N2O2/c1-8-6-9(2)11(16-5)10(7-8)14(4)12(15)13-3/h6-7H,1-5H3,(H,13,15). The minimum atomic E-state index is -0.164. The second kappa shape index (κ2) is 4.88. The molecule has 0 saturated carbocycles. The van der Waals surface area contributed by atoms with Crippen molar-refractivity contribution in [2.45, 2.75) is 13.8 Å². The Morgan fingerprint density at radius 1 is 1.38 bits per heavy atom. The Kier molecular flexibility index (Phi) is 3.77. The van der Waals surface area contributed by atoms with Crippen molar-refractivity contribution in [3.05, 3.63) is 23.3 Å². The molecule has 0 radical (unpaired) electrons. The SMILES string of the molecule is CNC(=O)N(C)c1cc(C)cc(C)c1OC. The number of nitrogens with one attached hydrogen (secondary N) is 1. The van der Waals surface area contributed by atoms with Crippen molar-refractivity contribution in [2.24, 2.45) is 0 Å². The quantitative estimate of drug-likeness (QED) is 0.832. The van der Waals surface area contributed by atoms with E-state index in [1.165, 1.54) is 0 Å². The van der Waals surface area contributed by atoms with Crippen LogP contribution in [0.1, 0.15) is 11.1 Å². The van der Waals surface area contributed by atoms with Crippen LogP contribution in [-0.2, 0) is 0 Å². The van der Waals surface area contributed by atoms with Crippen LogP contribution in [0, 0.1) is 13.8 Å². The van der Waals surface area contributed by atoms with Crippen LogP contribution in [0.3, 0.4) is 0 Å². The van der Waals surface area contributed by atoms with Crippen molar-refractivity contribution in [3.63, 3.8) is 0 Å². The molecule has 0 unspecified atom stereocenters. The predicted octanol–water partition coefficient (Wildman–Crippen LogP) is 2.09. The van der Waals surface area contributed by atoms with Crippen molar-refractivity contribution in [2.75, 3.05) is 26.1 Å². The maximum Gasteiger partial charge on any atom is 0.321 e. The summed E-state index contributed by atoms with van der Waals surface area (Å²) >= 11 is 0. The highest BCUT2D eigenvalue weighted by atomic mass is 16.5. The third-order valence-electron chi connectivity index (χ3n) is 2.48. The zero-order valence-corrected chi connectivity index (χ0v) is 10.4. The third kappa shape index (κ3) is 2.27. The number of ether oxygens (including phenoxy) is 1. The van der Waals surface area contributed by atoms with Gasteiger partial charge in [0.25, 0.3) is 0 Å². The summed E-state index contributed by atoms with van der Waals surface area (Å²) in [5.41, 5.74) is 2.90. The van der Waals surface area contributed by atoms with E-state index in [4.69, 9.17) is 4.74 Å². The molecule has 88 valence electrons. The summed E-state index contributed by atoms with van der Waals surface area (Å²) in [6.45, 7) is 3.96. The van der Waals surface area contributed by atoms with Gasteiger partial charge in [0, 0.05) is 14.1 Å². The van der Waals surface area contributed by atoms with E-state index in [0.29, 0.717) is 0 Å². The molecule has 16 heavy (non-hydrogen) atoms. The molecule has 1 aromatic carbocycles. The van der Waals surface area contributed by atoms with Crippen LogP contribution in [0.15, 0.2) is 12.1 Å². The molecule has 4 nitrogen and oxygen atoms in total. The fraction of sp³-hybridized carbons (Fsp3) is 0.417. The van der Waals surface area contributed by atoms with E-state index in [2.05, 4.69) is 5.32 Å². The predicted molar refractivity (Wildman–Crippen MR) is 65.3 cm³/mol. The topological polar surface area (TPSA) is 41.6 Å². The van der Waals surface area contributed by atoms with E-state index in [-0.39, 0.29) is 6.03 Å². The van der Waals surface area contributed by atoms with Crippen LogP contribution in [0.5, 0.6) is 5.75 Å². The van der Waals surface area contributed by atoms with Crippen molar-refractivity contribution < 1.29 is 9.53 Å². The molecule has 4 heteroatoms. The zero-order valence-electron chi connectivity index (χ0n) is 10.4. The first-order chi connectivity index (χ1) is 7.51. The van der Waals surface area contributed by atoms with Crippen LogP contribution in [-0.4, -0.2) is 27.2 Å². The van der Waals surface area contributed by atoms with Crippen LogP contribution < -0.4 is 15.0 Å². The Labute approximate surface area is 96.2 Å². The van der Waals surface area contributed by atoms with Gasteiger partial charge in [-0.1, -0.05) is 6.07 Å². The summed E-state index contributed by atoms with van der Waals surface area (Å²) in [5.74, 6) is 0.733. The average molecular weight is 222 g/mol. The number of urea groups is 1. The second-order valence-electron chi connectivity index (χ2n) is 3.75. The first kappa shape index (κ1) is 12.4. The van der Waals surface area contributed by atoms with Gasteiger partial charge >= 0.3 is 6.03 Å². The monoisotopic (exact) mass is 222 g/mol. The highest BCUT2D eigenvalue weighted by Crippen LogP contribution is 2.32. The number of amides is 2. The zero-order chi connectivity index (χ0) is 12.3. The van der Waals surface area contributed by atoms with E-state index in [9.17, 15) is 4.79 Å². The first-order valence-corrected chi connectivity index (χ1v) is 5.12. The Bertz CT molecular complexity index is 402. The number of carbonyl (C=O) groups is 1. The molecule has 0 aliphatic heterocycles. The largest absolute Gasteiger partial charge is 0.494 e. The highest BCUT2D eigenvalue weighted by Gasteiger charge is 2.15. The Balaban J connectivity index is 3.25. The number of carbonyl (C=O) groups excluding carboxylic acids is 1. The van der Waals surface area contributed by atoms with Gasteiger partial charge in [0.2, 0.25) is 0 Å². The van der Waals surface area contributed by atoms with E-state index in [0.717, 1.165) is 22.6 Å². The van der Waals surface area contributed by atoms with Gasteiger partial charge < -0.3 is 10.1 Å². The third-order valence-corrected chi connectivity index (χ3v) is 2.48. The minimum absolute atomic E-state index is 0.164. The van der Waals surface area contributed by atoms with Gasteiger partial charge in [-0.15, -0.1) is 0 Å². The molecule has 0 aliphatic rings. The summed E-state index contributed by atoms with van der Waals surface area (Å²) in [4.78, 5) is 13.1. The number of nitrogens with zero attached hydrogens (tertiary/aromatic N) is 1. The van der Waals surface area contributed by atoms with E-state index >= 15 is 0 Å². The maximum absolute atomic E-state index is 11.6. The molecular formula is C12H18N2O2. The molecule has 2 amide bonds. The van der Waals surface area contributed by atoms with E-state index in [1.807, 2.05) is 26.0 Å². The Morgan fingerprint density at radius 2 is 2.00 bits per heavy atom. The van der Waals surface area contributed by atoms with Crippen LogP contribution in [0.25, 0.3) is 0 Å². The second-order valence-corrected chi connectivity index (χ2v) is 3.75. The number of anilines is 1. The van der Waals surface area contributed by atoms with Crippen molar-refractivity contribution in [1.82, 2.24) is 5.32 Å². The molecule has 0 fully saturated rings. The van der Waals surface area contributed by atoms with Gasteiger partial charge in [-0.3, -0.25) is 4.90 Å². The number of methoxy groups -OCH3 is 1. The number of hydrogen-bond donors (Lipinski definition) is 1. The summed E-state index contributed by atoms with van der Waals surface area (Å²) < 4.78 is 5.33. The molecule has 1 N–H and O–H groups in total. The summed E-state index contributed by atoms with van der Waals surface area (Å²) in [6, 6.07) is 3.80. The van der Waals surface area contributed by atoms with E-state index < -0.39 is 0 Å². The summed E-state index contributed by atoms with van der Waals surface area (Å²) in [6.07, 6.45) is 0. The van der Waals surface area contributed by atoms with Crippen molar-refractivity contribution in [3.8, 4) is 5.75 Å². The first-order valence-electron chi connectivity index (χ1n) is 5.12. The number of benzene rings is 1.